The van der Waals surface area contributed by atoms with Gasteiger partial charge < -0.3 is 0 Å². The van der Waals surface area contributed by atoms with Crippen molar-refractivity contribution in [3.63, 3.8) is 0 Å². The molecule has 0 radical (unpaired) electrons. The molecule has 22 heavy (non-hydrogen) atoms. The van der Waals surface area contributed by atoms with Gasteiger partial charge in [-0.15, -0.1) is 0 Å². The average molecular weight is 321 g/mol. The summed E-state index contributed by atoms with van der Waals surface area (Å²) < 4.78 is 0. The molecular formula is C22H56. The van der Waals surface area contributed by atoms with Crippen LogP contribution in [0.5, 0.6) is 0 Å². The molecule has 0 aliphatic rings. The molecule has 0 aliphatic carbocycles. The fraction of sp³-hybridized carbons (Fsp3) is 1.00. The summed E-state index contributed by atoms with van der Waals surface area (Å²) in [5, 5.41) is 0. The van der Waals surface area contributed by atoms with Crippen LogP contribution >= 0.6 is 0 Å². The summed E-state index contributed by atoms with van der Waals surface area (Å²) in [6.45, 7) is 34.1. The minimum absolute atomic E-state index is 0.455. The van der Waals surface area contributed by atoms with E-state index >= 15 is 0 Å². The Balaban J connectivity index is -0.0000000540. The van der Waals surface area contributed by atoms with Crippen LogP contribution in [0.4, 0.5) is 0 Å². The number of unbranched alkanes of at least 4 members (excludes halogenated alkanes) is 1. The molecule has 0 bridgehead atoms. The van der Waals surface area contributed by atoms with Crippen molar-refractivity contribution in [3.05, 3.63) is 0 Å². The van der Waals surface area contributed by atoms with Crippen molar-refractivity contribution in [1.82, 2.24) is 0 Å². The fourth-order valence-corrected chi connectivity index (χ4v) is 1.65. The molecule has 0 nitrogen and oxygen atoms in total. The van der Waals surface area contributed by atoms with E-state index in [9.17, 15) is 0 Å². The average Bonchev–Trinajstić information content (AvgIpc) is 2.60. The van der Waals surface area contributed by atoms with E-state index in [-0.39, 0.29) is 0 Å². The number of hydrogen-bond donors (Lipinski definition) is 0. The molecule has 0 spiro atoms. The van der Waals surface area contributed by atoms with Crippen LogP contribution in [0.15, 0.2) is 0 Å². The second-order valence-corrected chi connectivity index (χ2v) is 5.27. The molecule has 0 saturated heterocycles. The second-order valence-electron chi connectivity index (χ2n) is 5.27. The maximum atomic E-state index is 2.43. The highest BCUT2D eigenvalue weighted by atomic mass is 14.4. The third-order valence-electron chi connectivity index (χ3n) is 3.67. The molecule has 144 valence electrons. The molecule has 0 saturated carbocycles. The van der Waals surface area contributed by atoms with Crippen LogP contribution in [0.3, 0.4) is 0 Å². The highest BCUT2D eigenvalue weighted by Gasteiger charge is 2.34. The van der Waals surface area contributed by atoms with Crippen molar-refractivity contribution in [1.29, 1.82) is 0 Å². The predicted octanol–water partition coefficient (Wildman–Crippen LogP) is 9.77. The first-order valence-corrected chi connectivity index (χ1v) is 10.4. The monoisotopic (exact) mass is 320 g/mol. The Kier molecular flexibility index (Phi) is 56.5. The van der Waals surface area contributed by atoms with E-state index < -0.39 is 0 Å². The maximum Gasteiger partial charge on any atom is -0.0280 e. The van der Waals surface area contributed by atoms with Gasteiger partial charge in [0.15, 0.2) is 0 Å². The lowest BCUT2D eigenvalue weighted by molar-refractivity contribution is 0.0881. The third-order valence-corrected chi connectivity index (χ3v) is 3.67. The molecule has 0 aromatic carbocycles. The first-order valence-electron chi connectivity index (χ1n) is 10.4. The summed E-state index contributed by atoms with van der Waals surface area (Å²) in [7, 11) is 0. The molecule has 1 unspecified atom stereocenters. The van der Waals surface area contributed by atoms with Crippen LogP contribution in [0.1, 0.15) is 136 Å². The second kappa shape index (κ2) is 32.8. The van der Waals surface area contributed by atoms with Gasteiger partial charge in [0.1, 0.15) is 0 Å². The highest BCUT2D eigenvalue weighted by molar-refractivity contribution is 4.84. The molecule has 0 rings (SSSR count). The Hall–Kier alpha value is 0. The minimum atomic E-state index is 0.455. The van der Waals surface area contributed by atoms with Gasteiger partial charge in [-0.3, -0.25) is 0 Å². The summed E-state index contributed by atoms with van der Waals surface area (Å²) in [5.74, 6) is 0. The topological polar surface area (TPSA) is 0 Å². The predicted molar refractivity (Wildman–Crippen MR) is 114 cm³/mol. The Morgan fingerprint density at radius 3 is 0.955 bits per heavy atom. The molecule has 0 N–H and O–H groups in total. The minimum Gasteiger partial charge on any atom is -0.0683 e. The molecular weight excluding hydrogens is 264 g/mol. The van der Waals surface area contributed by atoms with Crippen molar-refractivity contribution in [2.24, 2.45) is 10.8 Å². The smallest absolute Gasteiger partial charge is 0.0280 e. The van der Waals surface area contributed by atoms with Crippen molar-refractivity contribution in [2.75, 3.05) is 0 Å². The van der Waals surface area contributed by atoms with Crippen molar-refractivity contribution in [3.8, 4) is 0 Å². The molecule has 0 aromatic rings. The summed E-state index contributed by atoms with van der Waals surface area (Å²) >= 11 is 0. The van der Waals surface area contributed by atoms with Crippen LogP contribution in [0.2, 0.25) is 0 Å². The molecule has 0 aliphatic heterocycles. The summed E-state index contributed by atoms with van der Waals surface area (Å²) in [6.07, 6.45) is 5.38. The zero-order chi connectivity index (χ0) is 19.8. The molecule has 0 heterocycles. The Morgan fingerprint density at radius 2 is 0.818 bits per heavy atom. The van der Waals surface area contributed by atoms with E-state index in [2.05, 4.69) is 41.5 Å². The SMILES string of the molecule is CC.CC.CC.CC.CC.CCCCC(C)(CC)C(C)(C)C. The van der Waals surface area contributed by atoms with E-state index in [1.165, 1.54) is 25.7 Å². The molecule has 1 atom stereocenters. The quantitative estimate of drug-likeness (QED) is 0.483. The van der Waals surface area contributed by atoms with E-state index in [1.54, 1.807) is 0 Å². The zero-order valence-electron chi connectivity index (χ0n) is 19.8. The zero-order valence-corrected chi connectivity index (χ0v) is 19.8. The van der Waals surface area contributed by atoms with Gasteiger partial charge in [-0.05, 0) is 17.3 Å². The van der Waals surface area contributed by atoms with Gasteiger partial charge in [0, 0.05) is 0 Å². The van der Waals surface area contributed by atoms with E-state index in [0.29, 0.717) is 10.8 Å². The first-order chi connectivity index (χ1) is 10.4. The van der Waals surface area contributed by atoms with Gasteiger partial charge in [-0.2, -0.15) is 0 Å². The maximum absolute atomic E-state index is 2.43. The van der Waals surface area contributed by atoms with Gasteiger partial charge >= 0.3 is 0 Å². The summed E-state index contributed by atoms with van der Waals surface area (Å²) in [4.78, 5) is 0. The lowest BCUT2D eigenvalue weighted by Gasteiger charge is -2.41. The highest BCUT2D eigenvalue weighted by Crippen LogP contribution is 2.44. The van der Waals surface area contributed by atoms with E-state index in [4.69, 9.17) is 0 Å². The Labute approximate surface area is 147 Å². The molecule has 0 fully saturated rings. The van der Waals surface area contributed by atoms with Crippen LogP contribution in [-0.4, -0.2) is 0 Å². The Morgan fingerprint density at radius 1 is 0.545 bits per heavy atom. The van der Waals surface area contributed by atoms with Crippen molar-refractivity contribution >= 4 is 0 Å². The van der Waals surface area contributed by atoms with Gasteiger partial charge in [-0.1, -0.05) is 130 Å². The lowest BCUT2D eigenvalue weighted by Crippen LogP contribution is -2.32. The van der Waals surface area contributed by atoms with Crippen molar-refractivity contribution in [2.45, 2.75) is 136 Å². The summed E-state index contributed by atoms with van der Waals surface area (Å²) in [6, 6.07) is 0. The van der Waals surface area contributed by atoms with E-state index in [0.717, 1.165) is 0 Å². The van der Waals surface area contributed by atoms with Crippen LogP contribution in [0.25, 0.3) is 0 Å². The first kappa shape index (κ1) is 37.9. The van der Waals surface area contributed by atoms with Gasteiger partial charge in [0.05, 0.1) is 0 Å². The van der Waals surface area contributed by atoms with Gasteiger partial charge in [0.25, 0.3) is 0 Å². The number of hydrogen-bond acceptors (Lipinski definition) is 0. The molecule has 0 aromatic heterocycles. The van der Waals surface area contributed by atoms with Gasteiger partial charge in [0.2, 0.25) is 0 Å². The normalized spacial score (nSPS) is 10.9. The lowest BCUT2D eigenvalue weighted by atomic mass is 9.64. The standard InChI is InChI=1S/C12H26.5C2H6/c1-7-9-10-12(6,8-2)11(3,4)5;5*1-2/h7-10H2,1-6H3;5*1-2H3. The number of rotatable bonds is 4. The van der Waals surface area contributed by atoms with Crippen molar-refractivity contribution < 1.29 is 0 Å². The van der Waals surface area contributed by atoms with E-state index in [1.807, 2.05) is 69.2 Å². The third kappa shape index (κ3) is 25.0. The fourth-order valence-electron chi connectivity index (χ4n) is 1.65. The largest absolute Gasteiger partial charge is 0.0683 e. The molecule has 0 amide bonds. The van der Waals surface area contributed by atoms with Crippen LogP contribution < -0.4 is 0 Å². The molecule has 0 heteroatoms. The van der Waals surface area contributed by atoms with Crippen LogP contribution in [0, 0.1) is 10.8 Å². The van der Waals surface area contributed by atoms with Gasteiger partial charge in [-0.25, -0.2) is 0 Å². The Bertz CT molecular complexity index is 118. The summed E-state index contributed by atoms with van der Waals surface area (Å²) in [5.41, 5.74) is 0.986. The van der Waals surface area contributed by atoms with Crippen LogP contribution in [-0.2, 0) is 0 Å².